The Hall–Kier alpha value is -1.96. The van der Waals surface area contributed by atoms with E-state index >= 15 is 0 Å². The highest BCUT2D eigenvalue weighted by Crippen LogP contribution is 2.20. The number of hydrogen-bond acceptors (Lipinski definition) is 5. The van der Waals surface area contributed by atoms with Crippen LogP contribution in [0.5, 0.6) is 0 Å². The molecule has 8 heteroatoms. The number of amides is 2. The number of carboxylic acids is 1. The van der Waals surface area contributed by atoms with Crippen LogP contribution in [0.4, 0.5) is 5.13 Å². The molecular formula is C16H25N3O4S. The van der Waals surface area contributed by atoms with Gasteiger partial charge in [-0.15, -0.1) is 11.3 Å². The maximum absolute atomic E-state index is 12.0. The first-order valence-corrected chi connectivity index (χ1v) is 8.65. The summed E-state index contributed by atoms with van der Waals surface area (Å²) in [6.07, 6.45) is 0.342. The quantitative estimate of drug-likeness (QED) is 0.695. The number of nitrogens with one attached hydrogen (secondary N) is 2. The molecule has 0 bridgehead atoms. The number of aliphatic carboxylic acids is 1. The third kappa shape index (κ3) is 6.66. The second-order valence-electron chi connectivity index (χ2n) is 7.11. The zero-order valence-electron chi connectivity index (χ0n) is 14.7. The minimum Gasteiger partial charge on any atom is -0.480 e. The molecule has 0 unspecified atom stereocenters. The molecule has 24 heavy (non-hydrogen) atoms. The summed E-state index contributed by atoms with van der Waals surface area (Å²) in [5.41, 5.74) is -0.0372. The van der Waals surface area contributed by atoms with Crippen molar-refractivity contribution in [2.75, 3.05) is 5.32 Å². The first kappa shape index (κ1) is 20.1. The van der Waals surface area contributed by atoms with E-state index in [1.165, 1.54) is 11.3 Å². The van der Waals surface area contributed by atoms with Crippen LogP contribution in [0.3, 0.4) is 0 Å². The van der Waals surface area contributed by atoms with Gasteiger partial charge in [-0.25, -0.2) is 9.78 Å². The Balaban J connectivity index is 2.62. The molecule has 1 aromatic heterocycles. The Morgan fingerprint density at radius 3 is 2.42 bits per heavy atom. The van der Waals surface area contributed by atoms with Crippen LogP contribution in [0.2, 0.25) is 0 Å². The topological polar surface area (TPSA) is 108 Å². The van der Waals surface area contributed by atoms with Gasteiger partial charge in [-0.05, 0) is 12.3 Å². The lowest BCUT2D eigenvalue weighted by atomic mass is 9.96. The van der Waals surface area contributed by atoms with E-state index in [0.717, 1.165) is 0 Å². The van der Waals surface area contributed by atoms with Crippen LogP contribution in [-0.2, 0) is 20.8 Å². The molecule has 134 valence electrons. The van der Waals surface area contributed by atoms with Crippen LogP contribution in [0.1, 0.15) is 46.7 Å². The Morgan fingerprint density at radius 1 is 1.29 bits per heavy atom. The molecule has 1 rings (SSSR count). The minimum absolute atomic E-state index is 0.0240. The van der Waals surface area contributed by atoms with Gasteiger partial charge in [-0.1, -0.05) is 34.6 Å². The fraction of sp³-hybridized carbons (Fsp3) is 0.625. The first-order chi connectivity index (χ1) is 11.0. The first-order valence-electron chi connectivity index (χ1n) is 7.77. The lowest BCUT2D eigenvalue weighted by Gasteiger charge is -2.16. The third-order valence-corrected chi connectivity index (χ3v) is 3.94. The Morgan fingerprint density at radius 2 is 1.92 bits per heavy atom. The molecule has 0 fully saturated rings. The van der Waals surface area contributed by atoms with Gasteiger partial charge in [-0.3, -0.25) is 9.59 Å². The summed E-state index contributed by atoms with van der Waals surface area (Å²) >= 11 is 1.23. The molecule has 0 aromatic carbocycles. The lowest BCUT2D eigenvalue weighted by Crippen LogP contribution is -2.42. The summed E-state index contributed by atoms with van der Waals surface area (Å²) in [6, 6.07) is -0.906. The number of carbonyl (C=O) groups excluding carboxylic acids is 2. The summed E-state index contributed by atoms with van der Waals surface area (Å²) < 4.78 is 0. The van der Waals surface area contributed by atoms with E-state index in [9.17, 15) is 14.4 Å². The van der Waals surface area contributed by atoms with Gasteiger partial charge in [-0.2, -0.15) is 0 Å². The van der Waals surface area contributed by atoms with Gasteiger partial charge in [0.2, 0.25) is 11.8 Å². The smallest absolute Gasteiger partial charge is 0.326 e. The van der Waals surface area contributed by atoms with E-state index in [1.54, 1.807) is 26.2 Å². The molecule has 3 N–H and O–H groups in total. The predicted molar refractivity (Wildman–Crippen MR) is 92.9 cm³/mol. The van der Waals surface area contributed by atoms with E-state index in [0.29, 0.717) is 17.2 Å². The van der Waals surface area contributed by atoms with Crippen molar-refractivity contribution < 1.29 is 19.5 Å². The fourth-order valence-electron chi connectivity index (χ4n) is 1.83. The number of carbonyl (C=O) groups is 3. The summed E-state index contributed by atoms with van der Waals surface area (Å²) in [4.78, 5) is 39.3. The number of hydrogen-bond donors (Lipinski definition) is 3. The second kappa shape index (κ2) is 8.23. The second-order valence-corrected chi connectivity index (χ2v) is 7.97. The summed E-state index contributed by atoms with van der Waals surface area (Å²) in [5, 5.41) is 16.5. The van der Waals surface area contributed by atoms with Crippen LogP contribution in [-0.4, -0.2) is 33.9 Å². The molecule has 2 amide bonds. The molecule has 0 radical (unpaired) electrons. The summed E-state index contributed by atoms with van der Waals surface area (Å²) in [5.74, 6) is -1.45. The highest BCUT2D eigenvalue weighted by atomic mass is 32.1. The van der Waals surface area contributed by atoms with Gasteiger partial charge < -0.3 is 15.7 Å². The number of nitrogens with zero attached hydrogens (tertiary/aromatic N) is 1. The molecule has 0 aliphatic rings. The van der Waals surface area contributed by atoms with Crippen LogP contribution in [0.25, 0.3) is 0 Å². The average Bonchev–Trinajstić information content (AvgIpc) is 2.83. The number of rotatable bonds is 7. The standard InChI is InChI=1S/C16H25N3O4S/c1-9(2)6-11(13(21)22)18-12(20)7-10-8-24-15(17-10)19-14(23)16(3,4)5/h8-9,11H,6-7H2,1-5H3,(H,18,20)(H,21,22)(H,17,19,23)/t11-/m1/s1. The van der Waals surface area contributed by atoms with Crippen molar-refractivity contribution in [1.82, 2.24) is 10.3 Å². The lowest BCUT2D eigenvalue weighted by molar-refractivity contribution is -0.142. The van der Waals surface area contributed by atoms with Crippen LogP contribution >= 0.6 is 11.3 Å². The molecular weight excluding hydrogens is 330 g/mol. The Bertz CT molecular complexity index is 605. The highest BCUT2D eigenvalue weighted by molar-refractivity contribution is 7.13. The molecule has 7 nitrogen and oxygen atoms in total. The Kier molecular flexibility index (Phi) is 6.89. The van der Waals surface area contributed by atoms with Gasteiger partial charge >= 0.3 is 5.97 Å². The predicted octanol–water partition coefficient (Wildman–Crippen LogP) is 2.29. The molecule has 0 saturated heterocycles. The van der Waals surface area contributed by atoms with Crippen molar-refractivity contribution in [1.29, 1.82) is 0 Å². The number of thiazole rings is 1. The van der Waals surface area contributed by atoms with E-state index in [-0.39, 0.29) is 18.2 Å². The van der Waals surface area contributed by atoms with Crippen molar-refractivity contribution in [3.05, 3.63) is 11.1 Å². The minimum atomic E-state index is -1.05. The van der Waals surface area contributed by atoms with Crippen molar-refractivity contribution in [3.8, 4) is 0 Å². The SMILES string of the molecule is CC(C)C[C@@H](NC(=O)Cc1csc(NC(=O)C(C)(C)C)n1)C(=O)O. The third-order valence-electron chi connectivity index (χ3n) is 3.14. The van der Waals surface area contributed by atoms with E-state index in [1.807, 2.05) is 13.8 Å². The van der Waals surface area contributed by atoms with Crippen molar-refractivity contribution in [2.24, 2.45) is 11.3 Å². The monoisotopic (exact) mass is 355 g/mol. The maximum Gasteiger partial charge on any atom is 0.326 e. The highest BCUT2D eigenvalue weighted by Gasteiger charge is 2.23. The zero-order chi connectivity index (χ0) is 18.5. The largest absolute Gasteiger partial charge is 0.480 e. The number of anilines is 1. The molecule has 1 heterocycles. The van der Waals surface area contributed by atoms with Gasteiger partial charge in [0.15, 0.2) is 5.13 Å². The van der Waals surface area contributed by atoms with Crippen molar-refractivity contribution in [3.63, 3.8) is 0 Å². The fourth-order valence-corrected chi connectivity index (χ4v) is 2.54. The van der Waals surface area contributed by atoms with Gasteiger partial charge in [0.1, 0.15) is 6.04 Å². The number of aromatic nitrogens is 1. The molecule has 1 aromatic rings. The van der Waals surface area contributed by atoms with Gasteiger partial charge in [0, 0.05) is 10.8 Å². The normalized spacial score (nSPS) is 12.8. The van der Waals surface area contributed by atoms with Crippen molar-refractivity contribution >= 4 is 34.3 Å². The van der Waals surface area contributed by atoms with E-state index in [2.05, 4.69) is 15.6 Å². The molecule has 0 spiro atoms. The van der Waals surface area contributed by atoms with Gasteiger partial charge in [0.25, 0.3) is 0 Å². The molecule has 0 aliphatic heterocycles. The maximum atomic E-state index is 12.0. The van der Waals surface area contributed by atoms with E-state index in [4.69, 9.17) is 5.11 Å². The van der Waals surface area contributed by atoms with Crippen LogP contribution < -0.4 is 10.6 Å². The average molecular weight is 355 g/mol. The molecule has 1 atom stereocenters. The number of carboxylic acid groups (broad SMARTS) is 1. The summed E-state index contributed by atoms with van der Waals surface area (Å²) in [7, 11) is 0. The van der Waals surface area contributed by atoms with E-state index < -0.39 is 23.3 Å². The zero-order valence-corrected chi connectivity index (χ0v) is 15.5. The molecule has 0 saturated carbocycles. The Labute approximate surface area is 145 Å². The van der Waals surface area contributed by atoms with Gasteiger partial charge in [0.05, 0.1) is 12.1 Å². The van der Waals surface area contributed by atoms with Crippen molar-refractivity contribution in [2.45, 2.75) is 53.5 Å². The summed E-state index contributed by atoms with van der Waals surface area (Å²) in [6.45, 7) is 9.18. The van der Waals surface area contributed by atoms with Crippen LogP contribution in [0, 0.1) is 11.3 Å². The van der Waals surface area contributed by atoms with Crippen LogP contribution in [0.15, 0.2) is 5.38 Å². The molecule has 0 aliphatic carbocycles.